The van der Waals surface area contributed by atoms with Crippen LogP contribution in [0, 0.1) is 0 Å². The maximum absolute atomic E-state index is 11.6. The smallest absolute Gasteiger partial charge is 0.342 e. The van der Waals surface area contributed by atoms with Crippen molar-refractivity contribution in [1.29, 1.82) is 0 Å². The van der Waals surface area contributed by atoms with Crippen LogP contribution in [0.15, 0.2) is 11.0 Å². The molecule has 0 aliphatic carbocycles. The number of rotatable bonds is 3. The van der Waals surface area contributed by atoms with Crippen LogP contribution in [-0.4, -0.2) is 51.7 Å². The second kappa shape index (κ2) is 5.50. The minimum atomic E-state index is -1.28. The molecule has 1 unspecified atom stereocenters. The summed E-state index contributed by atoms with van der Waals surface area (Å²) in [5.74, 6) is -0.908. The summed E-state index contributed by atoms with van der Waals surface area (Å²) in [7, 11) is 0. The Balaban J connectivity index is 2.20. The molecule has 7 heteroatoms. The average molecular weight is 267 g/mol. The van der Waals surface area contributed by atoms with Crippen LogP contribution < -0.4 is 5.56 Å². The van der Waals surface area contributed by atoms with E-state index in [1.165, 1.54) is 0 Å². The summed E-state index contributed by atoms with van der Waals surface area (Å²) in [5.41, 5.74) is -1.01. The van der Waals surface area contributed by atoms with Crippen LogP contribution >= 0.6 is 0 Å². The van der Waals surface area contributed by atoms with Crippen molar-refractivity contribution in [2.45, 2.75) is 26.0 Å². The first-order valence-electron chi connectivity index (χ1n) is 6.17. The second-order valence-electron chi connectivity index (χ2n) is 4.76. The quantitative estimate of drug-likeness (QED) is 0.815. The van der Waals surface area contributed by atoms with Crippen molar-refractivity contribution in [3.05, 3.63) is 27.9 Å². The summed E-state index contributed by atoms with van der Waals surface area (Å²) in [6.07, 6.45) is 0.750. The normalized spacial score (nSPS) is 20.7. The van der Waals surface area contributed by atoms with Gasteiger partial charge >= 0.3 is 5.97 Å². The molecule has 2 rings (SSSR count). The van der Waals surface area contributed by atoms with Gasteiger partial charge in [-0.1, -0.05) is 0 Å². The molecule has 1 aromatic rings. The molecule has 1 aliphatic rings. The standard InChI is InChI=1S/C12H17N3O4/c1-7(2)15-3-4-19-9(6-15)10-13-5-8(12(17)18)11(16)14-10/h5,7,9H,3-4,6H2,1-2H3,(H,17,18)(H,13,14,16). The van der Waals surface area contributed by atoms with E-state index >= 15 is 0 Å². The van der Waals surface area contributed by atoms with Crippen LogP contribution in [0.2, 0.25) is 0 Å². The van der Waals surface area contributed by atoms with E-state index in [1.54, 1.807) is 0 Å². The van der Waals surface area contributed by atoms with Gasteiger partial charge in [-0.05, 0) is 13.8 Å². The lowest BCUT2D eigenvalue weighted by Crippen LogP contribution is -2.43. The Bertz CT molecular complexity index is 526. The topological polar surface area (TPSA) is 95.5 Å². The van der Waals surface area contributed by atoms with Gasteiger partial charge in [-0.25, -0.2) is 9.78 Å². The third-order valence-corrected chi connectivity index (χ3v) is 3.18. The van der Waals surface area contributed by atoms with E-state index in [0.29, 0.717) is 25.0 Å². The first-order valence-corrected chi connectivity index (χ1v) is 6.17. The van der Waals surface area contributed by atoms with E-state index in [4.69, 9.17) is 9.84 Å². The third-order valence-electron chi connectivity index (χ3n) is 3.18. The molecule has 0 bridgehead atoms. The summed E-state index contributed by atoms with van der Waals surface area (Å²) >= 11 is 0. The van der Waals surface area contributed by atoms with Gasteiger partial charge < -0.3 is 14.8 Å². The molecule has 7 nitrogen and oxygen atoms in total. The van der Waals surface area contributed by atoms with Gasteiger partial charge in [0.15, 0.2) is 0 Å². The molecule has 1 fully saturated rings. The van der Waals surface area contributed by atoms with E-state index in [0.717, 1.165) is 12.7 Å². The number of H-pyrrole nitrogens is 1. The summed E-state index contributed by atoms with van der Waals surface area (Å²) in [6.45, 7) is 6.21. The minimum absolute atomic E-state index is 0.327. The number of aromatic nitrogens is 2. The minimum Gasteiger partial charge on any atom is -0.477 e. The number of aromatic amines is 1. The van der Waals surface area contributed by atoms with Gasteiger partial charge in [0.25, 0.3) is 5.56 Å². The van der Waals surface area contributed by atoms with Crippen molar-refractivity contribution < 1.29 is 14.6 Å². The lowest BCUT2D eigenvalue weighted by molar-refractivity contribution is -0.0444. The highest BCUT2D eigenvalue weighted by Crippen LogP contribution is 2.19. The van der Waals surface area contributed by atoms with Gasteiger partial charge in [-0.2, -0.15) is 0 Å². The number of hydrogen-bond donors (Lipinski definition) is 2. The number of nitrogens with one attached hydrogen (secondary N) is 1. The number of aromatic carboxylic acids is 1. The van der Waals surface area contributed by atoms with Crippen LogP contribution in [0.1, 0.15) is 36.1 Å². The van der Waals surface area contributed by atoms with E-state index in [1.807, 2.05) is 0 Å². The van der Waals surface area contributed by atoms with Crippen LogP contribution in [-0.2, 0) is 4.74 Å². The van der Waals surface area contributed by atoms with E-state index in [2.05, 4.69) is 28.7 Å². The molecule has 0 amide bonds. The summed E-state index contributed by atoms with van der Waals surface area (Å²) in [4.78, 5) is 31.0. The number of morpholine rings is 1. The molecule has 104 valence electrons. The summed E-state index contributed by atoms with van der Waals surface area (Å²) < 4.78 is 5.58. The molecule has 0 saturated carbocycles. The third kappa shape index (κ3) is 2.99. The Labute approximate surface area is 110 Å². The van der Waals surface area contributed by atoms with Gasteiger partial charge in [-0.3, -0.25) is 9.69 Å². The second-order valence-corrected chi connectivity index (χ2v) is 4.76. The van der Waals surface area contributed by atoms with Gasteiger partial charge in [-0.15, -0.1) is 0 Å². The Hall–Kier alpha value is -1.73. The highest BCUT2D eigenvalue weighted by atomic mass is 16.5. The maximum Gasteiger partial charge on any atom is 0.342 e. The van der Waals surface area contributed by atoms with Crippen LogP contribution in [0.3, 0.4) is 0 Å². The Morgan fingerprint density at radius 1 is 1.63 bits per heavy atom. The van der Waals surface area contributed by atoms with E-state index in [9.17, 15) is 9.59 Å². The monoisotopic (exact) mass is 267 g/mol. The van der Waals surface area contributed by atoms with Crippen molar-refractivity contribution in [3.63, 3.8) is 0 Å². The zero-order valence-electron chi connectivity index (χ0n) is 10.9. The lowest BCUT2D eigenvalue weighted by Gasteiger charge is -2.34. The first kappa shape index (κ1) is 13.7. The van der Waals surface area contributed by atoms with Crippen LogP contribution in [0.4, 0.5) is 0 Å². The highest BCUT2D eigenvalue weighted by molar-refractivity contribution is 5.86. The molecule has 1 aromatic heterocycles. The number of carboxylic acids is 1. The molecule has 2 N–H and O–H groups in total. The van der Waals surface area contributed by atoms with E-state index in [-0.39, 0.29) is 11.7 Å². The molecule has 0 radical (unpaired) electrons. The highest BCUT2D eigenvalue weighted by Gasteiger charge is 2.25. The van der Waals surface area contributed by atoms with Crippen molar-refractivity contribution >= 4 is 5.97 Å². The molecule has 0 aromatic carbocycles. The molecular formula is C12H17N3O4. The van der Waals surface area contributed by atoms with Crippen molar-refractivity contribution in [3.8, 4) is 0 Å². The Morgan fingerprint density at radius 2 is 2.37 bits per heavy atom. The Kier molecular flexibility index (Phi) is 3.96. The summed E-state index contributed by atoms with van der Waals surface area (Å²) in [6, 6.07) is 0.386. The predicted molar refractivity (Wildman–Crippen MR) is 67.2 cm³/mol. The largest absolute Gasteiger partial charge is 0.477 e. The zero-order chi connectivity index (χ0) is 14.0. The molecule has 1 saturated heterocycles. The van der Waals surface area contributed by atoms with Gasteiger partial charge in [0.2, 0.25) is 0 Å². The fraction of sp³-hybridized carbons (Fsp3) is 0.583. The first-order chi connectivity index (χ1) is 8.99. The fourth-order valence-electron chi connectivity index (χ4n) is 2.03. The van der Waals surface area contributed by atoms with Crippen molar-refractivity contribution in [2.75, 3.05) is 19.7 Å². The van der Waals surface area contributed by atoms with Crippen molar-refractivity contribution in [2.24, 2.45) is 0 Å². The zero-order valence-corrected chi connectivity index (χ0v) is 10.9. The fourth-order valence-corrected chi connectivity index (χ4v) is 2.03. The van der Waals surface area contributed by atoms with Crippen molar-refractivity contribution in [1.82, 2.24) is 14.9 Å². The number of ether oxygens (including phenoxy) is 1. The maximum atomic E-state index is 11.6. The van der Waals surface area contributed by atoms with Crippen LogP contribution in [0.5, 0.6) is 0 Å². The molecule has 1 aliphatic heterocycles. The van der Waals surface area contributed by atoms with Gasteiger partial charge in [0.05, 0.1) is 6.61 Å². The molecule has 2 heterocycles. The Morgan fingerprint density at radius 3 is 2.95 bits per heavy atom. The SMILES string of the molecule is CC(C)N1CCOC(c2ncc(C(=O)O)c(=O)[nH]2)C1. The summed E-state index contributed by atoms with van der Waals surface area (Å²) in [5, 5.41) is 8.78. The van der Waals surface area contributed by atoms with Gasteiger partial charge in [0, 0.05) is 25.3 Å². The lowest BCUT2D eigenvalue weighted by atomic mass is 10.2. The predicted octanol–water partition coefficient (Wildman–Crippen LogP) is 0.250. The molecular weight excluding hydrogens is 250 g/mol. The molecule has 1 atom stereocenters. The average Bonchev–Trinajstić information content (AvgIpc) is 2.38. The molecule has 19 heavy (non-hydrogen) atoms. The van der Waals surface area contributed by atoms with E-state index < -0.39 is 11.5 Å². The number of hydrogen-bond acceptors (Lipinski definition) is 5. The molecule has 0 spiro atoms. The van der Waals surface area contributed by atoms with Crippen LogP contribution in [0.25, 0.3) is 0 Å². The number of nitrogens with zero attached hydrogens (tertiary/aromatic N) is 2. The number of carboxylic acid groups (broad SMARTS) is 1. The number of carbonyl (C=O) groups is 1. The van der Waals surface area contributed by atoms with Gasteiger partial charge in [0.1, 0.15) is 17.5 Å².